The summed E-state index contributed by atoms with van der Waals surface area (Å²) in [4.78, 5) is 15.3. The van der Waals surface area contributed by atoms with Crippen LogP contribution in [-0.4, -0.2) is 58.8 Å². The molecule has 3 aromatic rings. The maximum atomic E-state index is 5.55. The molecule has 2 aliphatic rings. The van der Waals surface area contributed by atoms with Gasteiger partial charge in [-0.25, -0.2) is 9.97 Å². The smallest absolute Gasteiger partial charge is 0.273 e. The normalized spacial score (nSPS) is 23.5. The van der Waals surface area contributed by atoms with E-state index in [0.717, 1.165) is 59.8 Å². The SMILES string of the molecule is CCOc1nc(-c2c[nH]c3ncc([C@H]4CC[C@H](N5CCOCC5)CC4)cc23)cs1. The van der Waals surface area contributed by atoms with Crippen LogP contribution in [0.2, 0.25) is 0 Å². The highest BCUT2D eigenvalue weighted by Crippen LogP contribution is 2.37. The minimum Gasteiger partial charge on any atom is -0.470 e. The fraction of sp³-hybridized carbons (Fsp3) is 0.545. The molecule has 29 heavy (non-hydrogen) atoms. The van der Waals surface area contributed by atoms with Crippen molar-refractivity contribution in [1.29, 1.82) is 0 Å². The first kappa shape index (κ1) is 19.0. The molecule has 4 heterocycles. The minimum atomic E-state index is 0.598. The second-order valence-electron chi connectivity index (χ2n) is 7.95. The summed E-state index contributed by atoms with van der Waals surface area (Å²) in [6.07, 6.45) is 9.09. The van der Waals surface area contributed by atoms with E-state index in [1.54, 1.807) is 11.3 Å². The van der Waals surface area contributed by atoms with Gasteiger partial charge in [0.15, 0.2) is 0 Å². The molecule has 154 valence electrons. The number of aromatic nitrogens is 3. The first-order valence-electron chi connectivity index (χ1n) is 10.7. The molecule has 1 saturated carbocycles. The largest absolute Gasteiger partial charge is 0.470 e. The van der Waals surface area contributed by atoms with Gasteiger partial charge in [-0.2, -0.15) is 0 Å². The third-order valence-electron chi connectivity index (χ3n) is 6.31. The van der Waals surface area contributed by atoms with Gasteiger partial charge in [-0.15, -0.1) is 0 Å². The molecule has 7 heteroatoms. The molecule has 5 rings (SSSR count). The Morgan fingerprint density at radius 2 is 2.07 bits per heavy atom. The predicted molar refractivity (Wildman–Crippen MR) is 116 cm³/mol. The molecule has 1 aliphatic heterocycles. The zero-order chi connectivity index (χ0) is 19.6. The summed E-state index contributed by atoms with van der Waals surface area (Å²) in [6.45, 7) is 6.58. The van der Waals surface area contributed by atoms with Crippen LogP contribution in [0.4, 0.5) is 0 Å². The minimum absolute atomic E-state index is 0.598. The van der Waals surface area contributed by atoms with E-state index in [2.05, 4.69) is 32.5 Å². The van der Waals surface area contributed by atoms with E-state index in [-0.39, 0.29) is 0 Å². The number of aromatic amines is 1. The molecule has 0 aromatic carbocycles. The molecule has 0 radical (unpaired) electrons. The van der Waals surface area contributed by atoms with Gasteiger partial charge in [-0.05, 0) is 50.2 Å². The molecule has 6 nitrogen and oxygen atoms in total. The molecular formula is C22H28N4O2S. The fourth-order valence-electron chi connectivity index (χ4n) is 4.74. The van der Waals surface area contributed by atoms with Gasteiger partial charge in [-0.3, -0.25) is 4.90 Å². The van der Waals surface area contributed by atoms with Crippen LogP contribution >= 0.6 is 11.3 Å². The first-order valence-corrected chi connectivity index (χ1v) is 11.6. The van der Waals surface area contributed by atoms with Crippen LogP contribution in [0.25, 0.3) is 22.3 Å². The third kappa shape index (κ3) is 3.91. The topological polar surface area (TPSA) is 63.3 Å². The highest BCUT2D eigenvalue weighted by molar-refractivity contribution is 7.11. The molecular weight excluding hydrogens is 384 g/mol. The van der Waals surface area contributed by atoms with Gasteiger partial charge in [0.1, 0.15) is 5.65 Å². The molecule has 1 N–H and O–H groups in total. The van der Waals surface area contributed by atoms with Crippen molar-refractivity contribution in [1.82, 2.24) is 19.9 Å². The average Bonchev–Trinajstić information content (AvgIpc) is 3.41. The van der Waals surface area contributed by atoms with Crippen molar-refractivity contribution in [3.63, 3.8) is 0 Å². The van der Waals surface area contributed by atoms with Gasteiger partial charge in [0.05, 0.1) is 25.5 Å². The van der Waals surface area contributed by atoms with E-state index >= 15 is 0 Å². The van der Waals surface area contributed by atoms with Crippen molar-refractivity contribution in [2.24, 2.45) is 0 Å². The number of rotatable bonds is 5. The van der Waals surface area contributed by atoms with Crippen LogP contribution in [0, 0.1) is 0 Å². The van der Waals surface area contributed by atoms with Crippen LogP contribution in [0.3, 0.4) is 0 Å². The molecule has 0 unspecified atom stereocenters. The summed E-state index contributed by atoms with van der Waals surface area (Å²) in [5.74, 6) is 0.598. The highest BCUT2D eigenvalue weighted by Gasteiger charge is 2.28. The van der Waals surface area contributed by atoms with E-state index < -0.39 is 0 Å². The molecule has 2 fully saturated rings. The van der Waals surface area contributed by atoms with E-state index in [9.17, 15) is 0 Å². The van der Waals surface area contributed by atoms with Crippen LogP contribution in [0.1, 0.15) is 44.1 Å². The average molecular weight is 413 g/mol. The quantitative estimate of drug-likeness (QED) is 0.671. The monoisotopic (exact) mass is 412 g/mol. The van der Waals surface area contributed by atoms with Crippen molar-refractivity contribution < 1.29 is 9.47 Å². The number of hydrogen-bond acceptors (Lipinski definition) is 6. The number of H-pyrrole nitrogens is 1. The summed E-state index contributed by atoms with van der Waals surface area (Å²) >= 11 is 1.55. The Bertz CT molecular complexity index is 955. The Labute approximate surface area is 175 Å². The summed E-state index contributed by atoms with van der Waals surface area (Å²) in [5, 5.41) is 3.95. The lowest BCUT2D eigenvalue weighted by Gasteiger charge is -2.38. The third-order valence-corrected chi connectivity index (χ3v) is 7.06. The molecule has 0 atom stereocenters. The number of morpholine rings is 1. The van der Waals surface area contributed by atoms with Gasteiger partial charge >= 0.3 is 0 Å². The van der Waals surface area contributed by atoms with Gasteiger partial charge in [0.2, 0.25) is 0 Å². The summed E-state index contributed by atoms with van der Waals surface area (Å²) in [7, 11) is 0. The Kier molecular flexibility index (Phi) is 5.52. The first-order chi connectivity index (χ1) is 14.3. The van der Waals surface area contributed by atoms with Gasteiger partial charge < -0.3 is 14.5 Å². The second kappa shape index (κ2) is 8.42. The van der Waals surface area contributed by atoms with Crippen LogP contribution < -0.4 is 4.74 Å². The number of hydrogen-bond donors (Lipinski definition) is 1. The predicted octanol–water partition coefficient (Wildman–Crippen LogP) is 4.44. The summed E-state index contributed by atoms with van der Waals surface area (Å²) in [5.41, 5.74) is 4.36. The number of pyridine rings is 1. The summed E-state index contributed by atoms with van der Waals surface area (Å²) in [6, 6.07) is 3.05. The van der Waals surface area contributed by atoms with Crippen molar-refractivity contribution in [3.8, 4) is 16.5 Å². The maximum absolute atomic E-state index is 5.55. The van der Waals surface area contributed by atoms with Crippen LogP contribution in [0.15, 0.2) is 23.8 Å². The molecule has 1 saturated heterocycles. The number of nitrogens with one attached hydrogen (secondary N) is 1. The van der Waals surface area contributed by atoms with E-state index in [0.29, 0.717) is 12.5 Å². The van der Waals surface area contributed by atoms with Gasteiger partial charge in [0, 0.05) is 47.9 Å². The molecule has 0 amide bonds. The van der Waals surface area contributed by atoms with E-state index in [1.807, 2.05) is 13.1 Å². The van der Waals surface area contributed by atoms with Crippen molar-refractivity contribution in [2.75, 3.05) is 32.9 Å². The lowest BCUT2D eigenvalue weighted by atomic mass is 9.81. The Morgan fingerprint density at radius 3 is 2.86 bits per heavy atom. The number of fused-ring (bicyclic) bond motifs is 1. The standard InChI is InChI=1S/C22H28N4O2S/c1-2-28-22-25-20(14-29-22)19-13-24-21-18(19)11-16(12-23-21)15-3-5-17(6-4-15)26-7-9-27-10-8-26/h11-15,17H,2-10H2,1H3,(H,23,24)/t15-,17-. The number of thiazole rings is 1. The van der Waals surface area contributed by atoms with E-state index in [1.165, 1.54) is 31.2 Å². The van der Waals surface area contributed by atoms with E-state index in [4.69, 9.17) is 14.5 Å². The highest BCUT2D eigenvalue weighted by atomic mass is 32.1. The van der Waals surface area contributed by atoms with Gasteiger partial charge in [0.25, 0.3) is 5.19 Å². The number of ether oxygens (including phenoxy) is 2. The Hall–Kier alpha value is -1.96. The van der Waals surface area contributed by atoms with Crippen molar-refractivity contribution >= 4 is 22.4 Å². The van der Waals surface area contributed by atoms with Gasteiger partial charge in [-0.1, -0.05) is 11.3 Å². The second-order valence-corrected chi connectivity index (χ2v) is 8.77. The molecule has 3 aromatic heterocycles. The Balaban J connectivity index is 1.33. The van der Waals surface area contributed by atoms with Crippen molar-refractivity contribution in [3.05, 3.63) is 29.4 Å². The lowest BCUT2D eigenvalue weighted by molar-refractivity contribution is 0.00729. The maximum Gasteiger partial charge on any atom is 0.273 e. The molecule has 0 bridgehead atoms. The zero-order valence-corrected chi connectivity index (χ0v) is 17.7. The summed E-state index contributed by atoms with van der Waals surface area (Å²) < 4.78 is 11.1. The van der Waals surface area contributed by atoms with Crippen molar-refractivity contribution in [2.45, 2.75) is 44.6 Å². The zero-order valence-electron chi connectivity index (χ0n) is 16.9. The fourth-order valence-corrected chi connectivity index (χ4v) is 5.47. The molecule has 1 aliphatic carbocycles. The van der Waals surface area contributed by atoms with Crippen LogP contribution in [-0.2, 0) is 4.74 Å². The molecule has 0 spiro atoms. The van der Waals surface area contributed by atoms with Crippen LogP contribution in [0.5, 0.6) is 5.19 Å². The number of nitrogens with zero attached hydrogens (tertiary/aromatic N) is 3. The Morgan fingerprint density at radius 1 is 1.24 bits per heavy atom. The lowest BCUT2D eigenvalue weighted by Crippen LogP contribution is -2.44.